The monoisotopic (exact) mass is 251 g/mol. The van der Waals surface area contributed by atoms with Crippen molar-refractivity contribution in [1.82, 2.24) is 16.2 Å². The summed E-state index contributed by atoms with van der Waals surface area (Å²) in [6.45, 7) is 0.623. The Morgan fingerprint density at radius 1 is 1.17 bits per heavy atom. The molecular formula is C12H14FN3O2. The predicted molar refractivity (Wildman–Crippen MR) is 63.1 cm³/mol. The second-order valence-corrected chi connectivity index (χ2v) is 4.24. The van der Waals surface area contributed by atoms with Crippen LogP contribution in [0.25, 0.3) is 0 Å². The van der Waals surface area contributed by atoms with Crippen LogP contribution in [0.5, 0.6) is 0 Å². The van der Waals surface area contributed by atoms with Gasteiger partial charge >= 0.3 is 6.03 Å². The summed E-state index contributed by atoms with van der Waals surface area (Å²) >= 11 is 0. The Kier molecular flexibility index (Phi) is 3.76. The highest BCUT2D eigenvalue weighted by Gasteiger charge is 2.21. The standard InChI is InChI=1S/C12H14FN3O2/c13-10-5-3-9(4-6-10)11(17)15-16-12(18)14-7-8-1-2-8/h3-6,8H,1-2,7H2,(H,15,17)(H2,14,16,18). The molecule has 0 aliphatic heterocycles. The number of benzene rings is 1. The van der Waals surface area contributed by atoms with Crippen molar-refractivity contribution in [3.8, 4) is 0 Å². The van der Waals surface area contributed by atoms with Gasteiger partial charge in [0.2, 0.25) is 0 Å². The van der Waals surface area contributed by atoms with Gasteiger partial charge < -0.3 is 5.32 Å². The SMILES string of the molecule is O=C(NCC1CC1)NNC(=O)c1ccc(F)cc1. The molecule has 6 heteroatoms. The average molecular weight is 251 g/mol. The first-order valence-corrected chi connectivity index (χ1v) is 5.75. The molecule has 0 bridgehead atoms. The molecule has 0 spiro atoms. The topological polar surface area (TPSA) is 70.2 Å². The number of carbonyl (C=O) groups excluding carboxylic acids is 2. The molecule has 0 radical (unpaired) electrons. The minimum atomic E-state index is -0.489. The van der Waals surface area contributed by atoms with Crippen molar-refractivity contribution in [2.24, 2.45) is 5.92 Å². The van der Waals surface area contributed by atoms with Gasteiger partial charge in [-0.3, -0.25) is 10.2 Å². The molecule has 3 amide bonds. The minimum absolute atomic E-state index is 0.277. The summed E-state index contributed by atoms with van der Waals surface area (Å²) < 4.78 is 12.6. The summed E-state index contributed by atoms with van der Waals surface area (Å²) in [4.78, 5) is 22.8. The molecule has 1 fully saturated rings. The van der Waals surface area contributed by atoms with E-state index >= 15 is 0 Å². The zero-order valence-corrected chi connectivity index (χ0v) is 9.70. The van der Waals surface area contributed by atoms with Crippen LogP contribution in [0.15, 0.2) is 24.3 Å². The summed E-state index contributed by atoms with van der Waals surface area (Å²) in [5, 5.41) is 2.64. The molecular weight excluding hydrogens is 237 g/mol. The third-order valence-electron chi connectivity index (χ3n) is 2.64. The molecule has 5 nitrogen and oxygen atoms in total. The lowest BCUT2D eigenvalue weighted by Gasteiger charge is -2.08. The van der Waals surface area contributed by atoms with Gasteiger partial charge in [0.15, 0.2) is 0 Å². The molecule has 0 unspecified atom stereocenters. The fraction of sp³-hybridized carbons (Fsp3) is 0.333. The second-order valence-electron chi connectivity index (χ2n) is 4.24. The van der Waals surface area contributed by atoms with E-state index in [4.69, 9.17) is 0 Å². The number of hydrogen-bond acceptors (Lipinski definition) is 2. The maximum absolute atomic E-state index is 12.6. The fourth-order valence-corrected chi connectivity index (χ4v) is 1.39. The number of amides is 3. The van der Waals surface area contributed by atoms with Crippen molar-refractivity contribution in [2.75, 3.05) is 6.54 Å². The van der Waals surface area contributed by atoms with Crippen LogP contribution >= 0.6 is 0 Å². The Morgan fingerprint density at radius 2 is 1.83 bits per heavy atom. The van der Waals surface area contributed by atoms with E-state index in [-0.39, 0.29) is 5.56 Å². The lowest BCUT2D eigenvalue weighted by molar-refractivity contribution is 0.0936. The van der Waals surface area contributed by atoms with Gasteiger partial charge in [-0.15, -0.1) is 0 Å². The summed E-state index contributed by atoms with van der Waals surface area (Å²) in [6, 6.07) is 4.60. The van der Waals surface area contributed by atoms with Gasteiger partial charge in [0.25, 0.3) is 5.91 Å². The van der Waals surface area contributed by atoms with E-state index in [2.05, 4.69) is 16.2 Å². The molecule has 0 saturated heterocycles. The van der Waals surface area contributed by atoms with E-state index in [9.17, 15) is 14.0 Å². The van der Waals surface area contributed by atoms with E-state index in [1.165, 1.54) is 24.3 Å². The highest BCUT2D eigenvalue weighted by Crippen LogP contribution is 2.27. The predicted octanol–water partition coefficient (Wildman–Crippen LogP) is 1.18. The van der Waals surface area contributed by atoms with Crippen LogP contribution in [-0.2, 0) is 0 Å². The number of halogens is 1. The Labute approximate surface area is 104 Å². The summed E-state index contributed by atoms with van der Waals surface area (Å²) in [5.41, 5.74) is 4.75. The maximum atomic E-state index is 12.6. The smallest absolute Gasteiger partial charge is 0.333 e. The quantitative estimate of drug-likeness (QED) is 0.706. The van der Waals surface area contributed by atoms with Crippen LogP contribution in [0.1, 0.15) is 23.2 Å². The minimum Gasteiger partial charge on any atom is -0.336 e. The van der Waals surface area contributed by atoms with Crippen molar-refractivity contribution in [1.29, 1.82) is 0 Å². The van der Waals surface area contributed by atoms with Crippen LogP contribution in [0, 0.1) is 11.7 Å². The first-order valence-electron chi connectivity index (χ1n) is 5.75. The Balaban J connectivity index is 1.73. The summed E-state index contributed by atoms with van der Waals surface area (Å²) in [5.74, 6) is -0.332. The van der Waals surface area contributed by atoms with Crippen molar-refractivity contribution in [3.63, 3.8) is 0 Å². The molecule has 3 N–H and O–H groups in total. The van der Waals surface area contributed by atoms with Crippen molar-refractivity contribution in [2.45, 2.75) is 12.8 Å². The highest BCUT2D eigenvalue weighted by molar-refractivity contribution is 5.95. The van der Waals surface area contributed by atoms with Crippen LogP contribution in [0.4, 0.5) is 9.18 Å². The number of nitrogens with one attached hydrogen (secondary N) is 3. The van der Waals surface area contributed by atoms with Gasteiger partial charge in [-0.25, -0.2) is 14.6 Å². The first-order chi connectivity index (χ1) is 8.65. The average Bonchev–Trinajstić information content (AvgIpc) is 3.18. The Morgan fingerprint density at radius 3 is 2.44 bits per heavy atom. The molecule has 1 aliphatic carbocycles. The number of hydrazine groups is 1. The van der Waals surface area contributed by atoms with Crippen molar-refractivity contribution < 1.29 is 14.0 Å². The molecule has 1 saturated carbocycles. The van der Waals surface area contributed by atoms with Gasteiger partial charge in [-0.2, -0.15) is 0 Å². The summed E-state index contributed by atoms with van der Waals surface area (Å²) in [6.07, 6.45) is 2.28. The molecule has 18 heavy (non-hydrogen) atoms. The zero-order chi connectivity index (χ0) is 13.0. The summed E-state index contributed by atoms with van der Waals surface area (Å²) in [7, 11) is 0. The van der Waals surface area contributed by atoms with Gasteiger partial charge in [0.1, 0.15) is 5.82 Å². The van der Waals surface area contributed by atoms with E-state index in [1.54, 1.807) is 0 Å². The van der Waals surface area contributed by atoms with E-state index in [0.29, 0.717) is 12.5 Å². The van der Waals surface area contributed by atoms with Crippen LogP contribution in [-0.4, -0.2) is 18.5 Å². The van der Waals surface area contributed by atoms with E-state index in [0.717, 1.165) is 12.8 Å². The molecule has 0 atom stereocenters. The van der Waals surface area contributed by atoms with E-state index in [1.807, 2.05) is 0 Å². The van der Waals surface area contributed by atoms with Gasteiger partial charge in [0, 0.05) is 12.1 Å². The van der Waals surface area contributed by atoms with Crippen LogP contribution < -0.4 is 16.2 Å². The normalized spacial score (nSPS) is 13.8. The lowest BCUT2D eigenvalue weighted by Crippen LogP contribution is -2.47. The fourth-order valence-electron chi connectivity index (χ4n) is 1.39. The third-order valence-corrected chi connectivity index (χ3v) is 2.64. The zero-order valence-electron chi connectivity index (χ0n) is 9.70. The number of urea groups is 1. The Hall–Kier alpha value is -2.11. The molecule has 1 aromatic carbocycles. The van der Waals surface area contributed by atoms with Crippen molar-refractivity contribution in [3.05, 3.63) is 35.6 Å². The molecule has 96 valence electrons. The largest absolute Gasteiger partial charge is 0.336 e. The van der Waals surface area contributed by atoms with Gasteiger partial charge in [-0.1, -0.05) is 0 Å². The van der Waals surface area contributed by atoms with Gasteiger partial charge in [-0.05, 0) is 43.0 Å². The molecule has 1 aliphatic rings. The number of rotatable bonds is 3. The second kappa shape index (κ2) is 5.48. The van der Waals surface area contributed by atoms with Crippen LogP contribution in [0.2, 0.25) is 0 Å². The molecule has 1 aromatic rings. The highest BCUT2D eigenvalue weighted by atomic mass is 19.1. The van der Waals surface area contributed by atoms with Crippen molar-refractivity contribution >= 4 is 11.9 Å². The van der Waals surface area contributed by atoms with Gasteiger partial charge in [0.05, 0.1) is 0 Å². The third kappa shape index (κ3) is 3.73. The van der Waals surface area contributed by atoms with Crippen LogP contribution in [0.3, 0.4) is 0 Å². The Bertz CT molecular complexity index is 443. The molecule has 0 aromatic heterocycles. The molecule has 2 rings (SSSR count). The number of carbonyl (C=O) groups is 2. The number of hydrogen-bond donors (Lipinski definition) is 3. The maximum Gasteiger partial charge on any atom is 0.333 e. The van der Waals surface area contributed by atoms with E-state index < -0.39 is 17.8 Å². The molecule has 0 heterocycles. The first kappa shape index (κ1) is 12.3. The lowest BCUT2D eigenvalue weighted by atomic mass is 10.2.